The first kappa shape index (κ1) is 17.0. The van der Waals surface area contributed by atoms with E-state index in [1.54, 1.807) is 0 Å². The zero-order valence-electron chi connectivity index (χ0n) is 14.9. The molecule has 0 aliphatic heterocycles. The zero-order valence-corrected chi connectivity index (χ0v) is 14.9. The smallest absolute Gasteiger partial charge is 0.0119 e. The molecule has 0 amide bonds. The van der Waals surface area contributed by atoms with Gasteiger partial charge in [-0.1, -0.05) is 61.2 Å². The largest absolute Gasteiger partial charge is 0.0991 e. The molecule has 0 heterocycles. The van der Waals surface area contributed by atoms with Gasteiger partial charge in [-0.2, -0.15) is 0 Å². The molecule has 23 heavy (non-hydrogen) atoms. The second kappa shape index (κ2) is 7.28. The highest BCUT2D eigenvalue weighted by Gasteiger charge is 2.12. The zero-order chi connectivity index (χ0) is 17.0. The van der Waals surface area contributed by atoms with Crippen molar-refractivity contribution in [1.82, 2.24) is 0 Å². The molecule has 0 radical (unpaired) electrons. The van der Waals surface area contributed by atoms with Gasteiger partial charge in [0.25, 0.3) is 0 Å². The molecule has 0 atom stereocenters. The fraction of sp³-hybridized carbons (Fsp3) is 0.217. The SMILES string of the molecule is C=C/C=C(C)/C(=C(\C)c1ccc(C)c(C)c1C)c1ccccc1. The first-order valence-electron chi connectivity index (χ1n) is 8.10. The number of hydrogen-bond acceptors (Lipinski definition) is 0. The number of benzene rings is 2. The Bertz CT molecular complexity index is 771. The van der Waals surface area contributed by atoms with Gasteiger partial charge in [0.2, 0.25) is 0 Å². The summed E-state index contributed by atoms with van der Waals surface area (Å²) in [7, 11) is 0. The molecule has 0 heteroatoms. The van der Waals surface area contributed by atoms with E-state index in [2.05, 4.69) is 89.7 Å². The summed E-state index contributed by atoms with van der Waals surface area (Å²) in [4.78, 5) is 0. The third kappa shape index (κ3) is 3.53. The summed E-state index contributed by atoms with van der Waals surface area (Å²) in [6.45, 7) is 14.8. The van der Waals surface area contributed by atoms with E-state index in [1.165, 1.54) is 44.5 Å². The fourth-order valence-corrected chi connectivity index (χ4v) is 3.10. The molecule has 0 nitrogen and oxygen atoms in total. The van der Waals surface area contributed by atoms with Crippen LogP contribution in [0.2, 0.25) is 0 Å². The Hall–Kier alpha value is -2.34. The van der Waals surface area contributed by atoms with Crippen LogP contribution in [-0.2, 0) is 0 Å². The highest BCUT2D eigenvalue weighted by Crippen LogP contribution is 2.34. The van der Waals surface area contributed by atoms with E-state index >= 15 is 0 Å². The highest BCUT2D eigenvalue weighted by molar-refractivity contribution is 5.98. The van der Waals surface area contributed by atoms with Crippen LogP contribution in [-0.4, -0.2) is 0 Å². The van der Waals surface area contributed by atoms with Gasteiger partial charge in [-0.05, 0) is 79.2 Å². The molecule has 0 saturated heterocycles. The maximum absolute atomic E-state index is 3.85. The van der Waals surface area contributed by atoms with Gasteiger partial charge in [-0.15, -0.1) is 0 Å². The van der Waals surface area contributed by atoms with E-state index in [0.717, 1.165) is 0 Å². The van der Waals surface area contributed by atoms with Gasteiger partial charge in [0.05, 0.1) is 0 Å². The van der Waals surface area contributed by atoms with E-state index in [0.29, 0.717) is 0 Å². The van der Waals surface area contributed by atoms with Crippen molar-refractivity contribution < 1.29 is 0 Å². The van der Waals surface area contributed by atoms with Crippen LogP contribution in [0.1, 0.15) is 41.7 Å². The van der Waals surface area contributed by atoms with Gasteiger partial charge in [-0.25, -0.2) is 0 Å². The van der Waals surface area contributed by atoms with E-state index in [4.69, 9.17) is 0 Å². The van der Waals surface area contributed by atoms with Crippen LogP contribution < -0.4 is 0 Å². The second-order valence-electron chi connectivity index (χ2n) is 6.13. The lowest BCUT2D eigenvalue weighted by molar-refractivity contribution is 1.24. The number of rotatable bonds is 4. The van der Waals surface area contributed by atoms with Crippen molar-refractivity contribution in [1.29, 1.82) is 0 Å². The molecule has 0 aromatic heterocycles. The van der Waals surface area contributed by atoms with Crippen LogP contribution in [0.5, 0.6) is 0 Å². The molecule has 2 aromatic rings. The van der Waals surface area contributed by atoms with Crippen LogP contribution in [0.4, 0.5) is 0 Å². The average Bonchev–Trinajstić information content (AvgIpc) is 2.54. The molecule has 0 bridgehead atoms. The summed E-state index contributed by atoms with van der Waals surface area (Å²) in [5.74, 6) is 0. The lowest BCUT2D eigenvalue weighted by atomic mass is 9.87. The summed E-state index contributed by atoms with van der Waals surface area (Å²) < 4.78 is 0. The van der Waals surface area contributed by atoms with Gasteiger partial charge < -0.3 is 0 Å². The highest BCUT2D eigenvalue weighted by atomic mass is 14.2. The van der Waals surface area contributed by atoms with Crippen molar-refractivity contribution in [2.24, 2.45) is 0 Å². The normalized spacial score (nSPS) is 12.8. The maximum atomic E-state index is 3.85. The molecular weight excluding hydrogens is 276 g/mol. The number of allylic oxidation sites excluding steroid dienone is 5. The molecular formula is C23H26. The second-order valence-corrected chi connectivity index (χ2v) is 6.13. The third-order valence-corrected chi connectivity index (χ3v) is 4.66. The monoisotopic (exact) mass is 302 g/mol. The summed E-state index contributed by atoms with van der Waals surface area (Å²) in [6, 6.07) is 15.1. The summed E-state index contributed by atoms with van der Waals surface area (Å²) in [6.07, 6.45) is 3.95. The number of aryl methyl sites for hydroxylation is 1. The summed E-state index contributed by atoms with van der Waals surface area (Å²) in [5.41, 5.74) is 10.5. The Morgan fingerprint density at radius 2 is 1.52 bits per heavy atom. The molecule has 2 aromatic carbocycles. The molecule has 0 unspecified atom stereocenters. The molecule has 0 fully saturated rings. The minimum absolute atomic E-state index is 1.24. The van der Waals surface area contributed by atoms with Crippen molar-refractivity contribution in [2.75, 3.05) is 0 Å². The van der Waals surface area contributed by atoms with Crippen molar-refractivity contribution in [2.45, 2.75) is 34.6 Å². The summed E-state index contributed by atoms with van der Waals surface area (Å²) in [5, 5.41) is 0. The average molecular weight is 302 g/mol. The number of hydrogen-bond donors (Lipinski definition) is 0. The Labute approximate surface area is 140 Å². The fourth-order valence-electron chi connectivity index (χ4n) is 3.10. The van der Waals surface area contributed by atoms with Crippen molar-refractivity contribution >= 4 is 11.1 Å². The van der Waals surface area contributed by atoms with Crippen LogP contribution in [0.3, 0.4) is 0 Å². The molecule has 2 rings (SSSR count). The first-order chi connectivity index (χ1) is 11.0. The van der Waals surface area contributed by atoms with Crippen LogP contribution >= 0.6 is 0 Å². The van der Waals surface area contributed by atoms with Crippen LogP contribution in [0.15, 0.2) is 66.8 Å². The van der Waals surface area contributed by atoms with Crippen molar-refractivity contribution in [3.05, 3.63) is 94.6 Å². The van der Waals surface area contributed by atoms with Crippen LogP contribution in [0.25, 0.3) is 11.1 Å². The Balaban J connectivity index is 2.75. The van der Waals surface area contributed by atoms with E-state index in [1.807, 2.05) is 6.08 Å². The molecule has 0 spiro atoms. The Morgan fingerprint density at radius 1 is 0.870 bits per heavy atom. The van der Waals surface area contributed by atoms with Gasteiger partial charge in [-0.3, -0.25) is 0 Å². The lowest BCUT2D eigenvalue weighted by Gasteiger charge is -2.18. The predicted molar refractivity (Wildman–Crippen MR) is 104 cm³/mol. The minimum Gasteiger partial charge on any atom is -0.0991 e. The molecule has 0 N–H and O–H groups in total. The van der Waals surface area contributed by atoms with Crippen molar-refractivity contribution in [3.63, 3.8) is 0 Å². The van der Waals surface area contributed by atoms with Crippen LogP contribution in [0, 0.1) is 20.8 Å². The maximum Gasteiger partial charge on any atom is -0.0119 e. The van der Waals surface area contributed by atoms with Gasteiger partial charge in [0, 0.05) is 0 Å². The Kier molecular flexibility index (Phi) is 5.39. The van der Waals surface area contributed by atoms with E-state index in [9.17, 15) is 0 Å². The first-order valence-corrected chi connectivity index (χ1v) is 8.10. The molecule has 0 aliphatic carbocycles. The van der Waals surface area contributed by atoms with E-state index < -0.39 is 0 Å². The Morgan fingerprint density at radius 3 is 2.13 bits per heavy atom. The summed E-state index contributed by atoms with van der Waals surface area (Å²) >= 11 is 0. The minimum atomic E-state index is 1.24. The van der Waals surface area contributed by atoms with Gasteiger partial charge >= 0.3 is 0 Å². The lowest BCUT2D eigenvalue weighted by Crippen LogP contribution is -1.97. The van der Waals surface area contributed by atoms with Crippen molar-refractivity contribution in [3.8, 4) is 0 Å². The quantitative estimate of drug-likeness (QED) is 0.437. The molecule has 0 aliphatic rings. The van der Waals surface area contributed by atoms with Gasteiger partial charge in [0.1, 0.15) is 0 Å². The van der Waals surface area contributed by atoms with Gasteiger partial charge in [0.15, 0.2) is 0 Å². The standard InChI is InChI=1S/C23H26/c1-7-11-17(3)23(21-12-9-8-10-13-21)20(6)22-15-14-16(2)18(4)19(22)5/h7-15H,1H2,2-6H3/b17-11+,23-20-. The predicted octanol–water partition coefficient (Wildman–Crippen LogP) is 6.67. The molecule has 0 saturated carbocycles. The third-order valence-electron chi connectivity index (χ3n) is 4.66. The molecule has 118 valence electrons. The van der Waals surface area contributed by atoms with E-state index in [-0.39, 0.29) is 0 Å². The topological polar surface area (TPSA) is 0 Å².